The van der Waals surface area contributed by atoms with Gasteiger partial charge in [-0.25, -0.2) is 0 Å². The van der Waals surface area contributed by atoms with Crippen LogP contribution in [-0.4, -0.2) is 65.0 Å². The third-order valence-corrected chi connectivity index (χ3v) is 5.66. The van der Waals surface area contributed by atoms with E-state index in [1.807, 2.05) is 19.9 Å². The number of aliphatic hydroxyl groups excluding tert-OH is 1. The Hall–Kier alpha value is -3.32. The van der Waals surface area contributed by atoms with Crippen molar-refractivity contribution in [2.24, 2.45) is 0 Å². The summed E-state index contributed by atoms with van der Waals surface area (Å²) in [5, 5.41) is 21.0. The summed E-state index contributed by atoms with van der Waals surface area (Å²) in [6, 6.07) is 12.6. The summed E-state index contributed by atoms with van der Waals surface area (Å²) >= 11 is 0. The number of carbonyl (C=O) groups is 2. The maximum Gasteiger partial charge on any atom is 0.295 e. The predicted octanol–water partition coefficient (Wildman–Crippen LogP) is 3.16. The molecular weight excluding hydrogens is 396 g/mol. The maximum absolute atomic E-state index is 13.0. The Morgan fingerprint density at radius 1 is 1.10 bits per heavy atom. The number of aromatic hydroxyl groups is 1. The highest BCUT2D eigenvalue weighted by Gasteiger charge is 2.46. The molecule has 1 aliphatic heterocycles. The minimum atomic E-state index is -0.787. The number of benzene rings is 2. The Labute approximate surface area is 182 Å². The van der Waals surface area contributed by atoms with Gasteiger partial charge in [-0.1, -0.05) is 50.2 Å². The van der Waals surface area contributed by atoms with Crippen molar-refractivity contribution in [3.05, 3.63) is 65.2 Å². The monoisotopic (exact) mass is 424 g/mol. The molecule has 0 aliphatic carbocycles. The van der Waals surface area contributed by atoms with E-state index in [2.05, 4.69) is 4.90 Å². The molecule has 7 heteroatoms. The van der Waals surface area contributed by atoms with Crippen LogP contribution in [0.15, 0.2) is 54.1 Å². The highest BCUT2D eigenvalue weighted by molar-refractivity contribution is 6.46. The molecule has 2 aromatic rings. The summed E-state index contributed by atoms with van der Waals surface area (Å²) in [7, 11) is 1.43. The average molecular weight is 424 g/mol. The number of methoxy groups -OCH3 is 1. The topological polar surface area (TPSA) is 90.3 Å². The number of amides is 1. The summed E-state index contributed by atoms with van der Waals surface area (Å²) in [5.74, 6) is -1.41. The quantitative estimate of drug-likeness (QED) is 0.384. The molecule has 1 saturated heterocycles. The Morgan fingerprint density at radius 3 is 2.39 bits per heavy atom. The van der Waals surface area contributed by atoms with E-state index >= 15 is 0 Å². The van der Waals surface area contributed by atoms with Crippen LogP contribution in [0.4, 0.5) is 0 Å². The minimum Gasteiger partial charge on any atom is -0.507 e. The van der Waals surface area contributed by atoms with E-state index in [1.165, 1.54) is 18.1 Å². The zero-order valence-electron chi connectivity index (χ0n) is 18.0. The molecule has 1 atom stereocenters. The van der Waals surface area contributed by atoms with E-state index in [4.69, 9.17) is 4.74 Å². The number of likely N-dealkylation sites (N-methyl/N-ethyl adjacent to an activating group) is 1. The van der Waals surface area contributed by atoms with Crippen molar-refractivity contribution in [3.63, 3.8) is 0 Å². The molecule has 0 unspecified atom stereocenters. The average Bonchev–Trinajstić information content (AvgIpc) is 3.05. The number of aliphatic hydroxyl groups is 1. The second-order valence-electron chi connectivity index (χ2n) is 7.32. The van der Waals surface area contributed by atoms with Gasteiger partial charge in [-0.05, 0) is 30.8 Å². The summed E-state index contributed by atoms with van der Waals surface area (Å²) in [6.45, 7) is 6.64. The van der Waals surface area contributed by atoms with E-state index in [9.17, 15) is 19.8 Å². The lowest BCUT2D eigenvalue weighted by Gasteiger charge is -2.28. The first-order valence-corrected chi connectivity index (χ1v) is 10.4. The first-order chi connectivity index (χ1) is 14.9. The molecule has 0 radical (unpaired) electrons. The summed E-state index contributed by atoms with van der Waals surface area (Å²) in [5.41, 5.74) is 1.06. The second kappa shape index (κ2) is 9.66. The number of phenolic OH excluding ortho intramolecular Hbond substituents is 1. The van der Waals surface area contributed by atoms with Crippen molar-refractivity contribution in [3.8, 4) is 11.5 Å². The van der Waals surface area contributed by atoms with Crippen LogP contribution in [-0.2, 0) is 9.59 Å². The smallest absolute Gasteiger partial charge is 0.295 e. The van der Waals surface area contributed by atoms with E-state index < -0.39 is 17.7 Å². The van der Waals surface area contributed by atoms with Crippen LogP contribution in [0.1, 0.15) is 31.0 Å². The Bertz CT molecular complexity index is 983. The zero-order valence-corrected chi connectivity index (χ0v) is 18.0. The Kier molecular flexibility index (Phi) is 6.97. The number of carbonyl (C=O) groups excluding carboxylic acids is 2. The Morgan fingerprint density at radius 2 is 1.77 bits per heavy atom. The fourth-order valence-corrected chi connectivity index (χ4v) is 3.86. The number of hydrogen-bond acceptors (Lipinski definition) is 6. The van der Waals surface area contributed by atoms with Crippen LogP contribution >= 0.6 is 0 Å². The second-order valence-corrected chi connectivity index (χ2v) is 7.32. The van der Waals surface area contributed by atoms with Gasteiger partial charge in [-0.15, -0.1) is 0 Å². The molecule has 164 valence electrons. The van der Waals surface area contributed by atoms with Gasteiger partial charge in [-0.2, -0.15) is 0 Å². The van der Waals surface area contributed by atoms with Crippen LogP contribution in [0.3, 0.4) is 0 Å². The van der Waals surface area contributed by atoms with Gasteiger partial charge in [0, 0.05) is 18.7 Å². The van der Waals surface area contributed by atoms with Crippen LogP contribution in [0.2, 0.25) is 0 Å². The van der Waals surface area contributed by atoms with Gasteiger partial charge in [-0.3, -0.25) is 9.59 Å². The molecule has 0 saturated carbocycles. The Balaban J connectivity index is 2.13. The molecule has 7 nitrogen and oxygen atoms in total. The number of ether oxygens (including phenoxy) is 1. The number of ketones is 1. The van der Waals surface area contributed by atoms with Crippen molar-refractivity contribution >= 4 is 17.4 Å². The summed E-state index contributed by atoms with van der Waals surface area (Å²) in [4.78, 5) is 29.6. The molecule has 1 fully saturated rings. The molecule has 31 heavy (non-hydrogen) atoms. The van der Waals surface area contributed by atoms with Crippen molar-refractivity contribution in [2.75, 3.05) is 33.3 Å². The van der Waals surface area contributed by atoms with Crippen molar-refractivity contribution < 1.29 is 24.5 Å². The molecule has 0 spiro atoms. The third kappa shape index (κ3) is 4.41. The van der Waals surface area contributed by atoms with Gasteiger partial charge in [0.15, 0.2) is 11.5 Å². The standard InChI is InChI=1S/C24H28N2O5/c1-4-25(5-2)13-14-26-21(17-11-12-18(27)19(15-17)31-3)20(23(29)24(26)30)22(28)16-9-7-6-8-10-16/h6-12,15,21,27-28H,4-5,13-14H2,1-3H3/t21-/m1/s1. The number of hydrogen-bond donors (Lipinski definition) is 2. The van der Waals surface area contributed by atoms with Gasteiger partial charge in [0.25, 0.3) is 11.7 Å². The summed E-state index contributed by atoms with van der Waals surface area (Å²) in [6.07, 6.45) is 0. The lowest BCUT2D eigenvalue weighted by molar-refractivity contribution is -0.140. The van der Waals surface area contributed by atoms with Crippen molar-refractivity contribution in [1.82, 2.24) is 9.80 Å². The molecule has 1 heterocycles. The summed E-state index contributed by atoms with van der Waals surface area (Å²) < 4.78 is 5.22. The highest BCUT2D eigenvalue weighted by atomic mass is 16.5. The minimum absolute atomic E-state index is 0.0310. The number of Topliss-reactive ketones (excluding diaryl/α,β-unsaturated/α-hetero) is 1. The van der Waals surface area contributed by atoms with Gasteiger partial charge in [0.2, 0.25) is 0 Å². The number of likely N-dealkylation sites (tertiary alicyclic amines) is 1. The number of nitrogens with zero attached hydrogens (tertiary/aromatic N) is 2. The molecule has 1 amide bonds. The van der Waals surface area contributed by atoms with E-state index in [-0.39, 0.29) is 22.8 Å². The highest BCUT2D eigenvalue weighted by Crippen LogP contribution is 2.41. The normalized spacial score (nSPS) is 18.1. The van der Waals surface area contributed by atoms with Crippen LogP contribution in [0.25, 0.3) is 5.76 Å². The van der Waals surface area contributed by atoms with Gasteiger partial charge < -0.3 is 24.7 Å². The lowest BCUT2D eigenvalue weighted by Crippen LogP contribution is -2.38. The van der Waals surface area contributed by atoms with Crippen molar-refractivity contribution in [1.29, 1.82) is 0 Å². The molecule has 3 rings (SSSR count). The maximum atomic E-state index is 13.0. The zero-order chi connectivity index (χ0) is 22.5. The van der Waals surface area contributed by atoms with E-state index in [1.54, 1.807) is 36.4 Å². The van der Waals surface area contributed by atoms with Gasteiger partial charge >= 0.3 is 0 Å². The fraction of sp³-hybridized carbons (Fsp3) is 0.333. The van der Waals surface area contributed by atoms with E-state index in [0.29, 0.717) is 24.2 Å². The largest absolute Gasteiger partial charge is 0.507 e. The lowest BCUT2D eigenvalue weighted by atomic mass is 9.95. The van der Waals surface area contributed by atoms with Gasteiger partial charge in [0.05, 0.1) is 18.7 Å². The molecule has 2 aromatic carbocycles. The van der Waals surface area contributed by atoms with Crippen LogP contribution in [0, 0.1) is 0 Å². The number of phenols is 1. The van der Waals surface area contributed by atoms with E-state index in [0.717, 1.165) is 13.1 Å². The first kappa shape index (κ1) is 22.4. The SMILES string of the molecule is CCN(CC)CCN1C(=O)C(=O)C(=C(O)c2ccccc2)[C@H]1c1ccc(O)c(OC)c1. The molecule has 0 aromatic heterocycles. The molecule has 0 bridgehead atoms. The fourth-order valence-electron chi connectivity index (χ4n) is 3.86. The predicted molar refractivity (Wildman–Crippen MR) is 118 cm³/mol. The first-order valence-electron chi connectivity index (χ1n) is 10.4. The number of rotatable bonds is 8. The molecule has 1 aliphatic rings. The molecule has 2 N–H and O–H groups in total. The van der Waals surface area contributed by atoms with Crippen LogP contribution in [0.5, 0.6) is 11.5 Å². The third-order valence-electron chi connectivity index (χ3n) is 5.66. The van der Waals surface area contributed by atoms with Crippen molar-refractivity contribution in [2.45, 2.75) is 19.9 Å². The van der Waals surface area contributed by atoms with Gasteiger partial charge in [0.1, 0.15) is 5.76 Å². The van der Waals surface area contributed by atoms with Crippen LogP contribution < -0.4 is 4.74 Å². The molecular formula is C24H28N2O5.